The normalized spacial score (nSPS) is 14.1. The first kappa shape index (κ1) is 26.9. The van der Waals surface area contributed by atoms with Crippen LogP contribution in [0.15, 0.2) is 48.5 Å². The average Bonchev–Trinajstić information content (AvgIpc) is 3.29. The first-order valence-corrected chi connectivity index (χ1v) is 14.4. The summed E-state index contributed by atoms with van der Waals surface area (Å²) in [5, 5.41) is 5.54. The van der Waals surface area contributed by atoms with E-state index in [0.717, 1.165) is 54.1 Å². The molecule has 3 heterocycles. The van der Waals surface area contributed by atoms with Gasteiger partial charge in [-0.25, -0.2) is 4.98 Å². The fourth-order valence-corrected chi connectivity index (χ4v) is 6.61. The van der Waals surface area contributed by atoms with Gasteiger partial charge in [0.15, 0.2) is 11.5 Å². The van der Waals surface area contributed by atoms with Gasteiger partial charge < -0.3 is 14.8 Å². The molecule has 0 radical (unpaired) electrons. The van der Waals surface area contributed by atoms with Crippen molar-refractivity contribution in [2.75, 3.05) is 20.8 Å². The molecule has 38 heavy (non-hydrogen) atoms. The van der Waals surface area contributed by atoms with E-state index in [1.165, 1.54) is 21.4 Å². The molecule has 0 amide bonds. The number of ether oxygens (including phenoxy) is 2. The zero-order valence-electron chi connectivity index (χ0n) is 22.9. The largest absolute Gasteiger partial charge is 0.493 e. The molecule has 0 aliphatic carbocycles. The van der Waals surface area contributed by atoms with E-state index in [0.29, 0.717) is 23.1 Å². The van der Waals surface area contributed by atoms with Gasteiger partial charge in [0, 0.05) is 47.5 Å². The molecule has 1 aliphatic rings. The van der Waals surface area contributed by atoms with Gasteiger partial charge in [0.05, 0.1) is 24.9 Å². The van der Waals surface area contributed by atoms with E-state index in [1.807, 2.05) is 23.5 Å². The van der Waals surface area contributed by atoms with Gasteiger partial charge in [0.25, 0.3) is 0 Å². The molecule has 0 saturated carbocycles. The molecule has 0 bridgehead atoms. The number of pyridine rings is 1. The van der Waals surface area contributed by atoms with Crippen LogP contribution in [0.3, 0.4) is 0 Å². The average molecular weight is 550 g/mol. The summed E-state index contributed by atoms with van der Waals surface area (Å²) in [5.74, 6) is 1.39. The Morgan fingerprint density at radius 1 is 1.08 bits per heavy atom. The van der Waals surface area contributed by atoms with E-state index in [-0.39, 0.29) is 5.54 Å². The molecule has 0 atom stereocenters. The number of nitrogens with zero attached hydrogens (tertiary/aromatic N) is 2. The summed E-state index contributed by atoms with van der Waals surface area (Å²) in [7, 11) is 3.33. The standard InChI is InChI=1S/C31H36ClN3O2S/c1-6-31(2,3)33-17-23-29(32)27(21-12-13-24(36-4)25(16-21)37-5)28-22-14-15-35(18-20-10-8-7-9-11-20)19-26(22)38-30(28)34-23/h7-13,16,33H,6,14-15,17-19H2,1-5H3. The molecule has 0 saturated heterocycles. The maximum absolute atomic E-state index is 7.22. The molecule has 5 rings (SSSR count). The fourth-order valence-electron chi connectivity index (χ4n) is 5.01. The summed E-state index contributed by atoms with van der Waals surface area (Å²) >= 11 is 9.03. The van der Waals surface area contributed by atoms with E-state index < -0.39 is 0 Å². The minimum absolute atomic E-state index is 0.00388. The monoisotopic (exact) mass is 549 g/mol. The lowest BCUT2D eigenvalue weighted by Gasteiger charge is -2.27. The molecular formula is C31H36ClN3O2S. The van der Waals surface area contributed by atoms with Crippen LogP contribution >= 0.6 is 22.9 Å². The Kier molecular flexibility index (Phi) is 7.96. The number of hydrogen-bond acceptors (Lipinski definition) is 6. The quantitative estimate of drug-likeness (QED) is 0.234. The lowest BCUT2D eigenvalue weighted by molar-refractivity contribution is 0.249. The molecule has 2 aromatic carbocycles. The molecule has 4 aromatic rings. The molecule has 2 aromatic heterocycles. The third kappa shape index (κ3) is 5.41. The van der Waals surface area contributed by atoms with Crippen molar-refractivity contribution in [2.45, 2.75) is 58.8 Å². The van der Waals surface area contributed by atoms with Crippen molar-refractivity contribution in [3.63, 3.8) is 0 Å². The van der Waals surface area contributed by atoms with Gasteiger partial charge in [-0.05, 0) is 55.5 Å². The van der Waals surface area contributed by atoms with Crippen LogP contribution in [0.25, 0.3) is 21.3 Å². The van der Waals surface area contributed by atoms with Crippen LogP contribution in [-0.4, -0.2) is 36.2 Å². The van der Waals surface area contributed by atoms with Gasteiger partial charge in [-0.2, -0.15) is 0 Å². The maximum atomic E-state index is 7.22. The predicted octanol–water partition coefficient (Wildman–Crippen LogP) is 7.47. The van der Waals surface area contributed by atoms with Crippen molar-refractivity contribution in [3.8, 4) is 22.6 Å². The van der Waals surface area contributed by atoms with Gasteiger partial charge in [-0.3, -0.25) is 4.90 Å². The van der Waals surface area contributed by atoms with Crippen LogP contribution in [0.5, 0.6) is 11.5 Å². The molecule has 200 valence electrons. The van der Waals surface area contributed by atoms with Crippen LogP contribution in [0.1, 0.15) is 48.9 Å². The summed E-state index contributed by atoms with van der Waals surface area (Å²) in [6.45, 7) is 10.1. The highest BCUT2D eigenvalue weighted by molar-refractivity contribution is 7.19. The van der Waals surface area contributed by atoms with Crippen LogP contribution in [0.2, 0.25) is 5.02 Å². The Morgan fingerprint density at radius 3 is 2.55 bits per heavy atom. The summed E-state index contributed by atoms with van der Waals surface area (Å²) < 4.78 is 11.2. The smallest absolute Gasteiger partial charge is 0.161 e. The zero-order chi connectivity index (χ0) is 26.9. The number of rotatable bonds is 9. The Labute approximate surface area is 234 Å². The third-order valence-electron chi connectivity index (χ3n) is 7.62. The predicted molar refractivity (Wildman–Crippen MR) is 159 cm³/mol. The van der Waals surface area contributed by atoms with Gasteiger partial charge in [-0.15, -0.1) is 11.3 Å². The minimum atomic E-state index is -0.00388. The summed E-state index contributed by atoms with van der Waals surface area (Å²) in [6.07, 6.45) is 1.99. The van der Waals surface area contributed by atoms with Crippen molar-refractivity contribution >= 4 is 33.2 Å². The Morgan fingerprint density at radius 2 is 1.84 bits per heavy atom. The lowest BCUT2D eigenvalue weighted by Crippen LogP contribution is -2.38. The molecule has 1 N–H and O–H groups in total. The van der Waals surface area contributed by atoms with Crippen molar-refractivity contribution in [3.05, 3.63) is 75.3 Å². The summed E-state index contributed by atoms with van der Waals surface area (Å²) in [6, 6.07) is 16.8. The molecule has 5 nitrogen and oxygen atoms in total. The number of aromatic nitrogens is 1. The zero-order valence-corrected chi connectivity index (χ0v) is 24.4. The summed E-state index contributed by atoms with van der Waals surface area (Å²) in [4.78, 5) is 10.1. The van der Waals surface area contributed by atoms with Crippen LogP contribution in [-0.2, 0) is 26.1 Å². The number of nitrogens with one attached hydrogen (secondary N) is 1. The second-order valence-corrected chi connectivity index (χ2v) is 12.0. The first-order valence-electron chi connectivity index (χ1n) is 13.2. The fraction of sp³-hybridized carbons (Fsp3) is 0.387. The van der Waals surface area contributed by atoms with E-state index >= 15 is 0 Å². The van der Waals surface area contributed by atoms with E-state index in [4.69, 9.17) is 26.1 Å². The molecule has 1 aliphatic heterocycles. The van der Waals surface area contributed by atoms with Crippen molar-refractivity contribution in [1.82, 2.24) is 15.2 Å². The SMILES string of the molecule is CCC(C)(C)NCc1nc2sc3c(c2c(-c2ccc(OC)c(OC)c2)c1Cl)CCN(Cc1ccccc1)C3. The number of fused-ring (bicyclic) bond motifs is 3. The van der Waals surface area contributed by atoms with Gasteiger partial charge >= 0.3 is 0 Å². The Hall–Kier alpha value is -2.64. The highest BCUT2D eigenvalue weighted by atomic mass is 35.5. The molecule has 0 fully saturated rings. The molecular weight excluding hydrogens is 514 g/mol. The van der Waals surface area contributed by atoms with Crippen molar-refractivity contribution in [1.29, 1.82) is 0 Å². The third-order valence-corrected chi connectivity index (χ3v) is 9.13. The first-order chi connectivity index (χ1) is 18.3. The number of thiophene rings is 1. The maximum Gasteiger partial charge on any atom is 0.161 e. The van der Waals surface area contributed by atoms with Gasteiger partial charge in [0.2, 0.25) is 0 Å². The Balaban J connectivity index is 1.61. The second-order valence-electron chi connectivity index (χ2n) is 10.5. The Bertz CT molecular complexity index is 1430. The summed E-state index contributed by atoms with van der Waals surface area (Å²) in [5.41, 5.74) is 5.65. The van der Waals surface area contributed by atoms with E-state index in [1.54, 1.807) is 14.2 Å². The lowest BCUT2D eigenvalue weighted by atomic mass is 9.95. The highest BCUT2D eigenvalue weighted by Gasteiger charge is 2.27. The van der Waals surface area contributed by atoms with Gasteiger partial charge in [-0.1, -0.05) is 54.9 Å². The minimum Gasteiger partial charge on any atom is -0.493 e. The van der Waals surface area contributed by atoms with E-state index in [2.05, 4.69) is 67.4 Å². The molecule has 7 heteroatoms. The number of benzene rings is 2. The number of hydrogen-bond donors (Lipinski definition) is 1. The van der Waals surface area contributed by atoms with Crippen LogP contribution in [0.4, 0.5) is 0 Å². The molecule has 0 unspecified atom stereocenters. The van der Waals surface area contributed by atoms with Crippen LogP contribution < -0.4 is 14.8 Å². The second kappa shape index (κ2) is 11.2. The van der Waals surface area contributed by atoms with Crippen LogP contribution in [0, 0.1) is 0 Å². The highest BCUT2D eigenvalue weighted by Crippen LogP contribution is 2.46. The topological polar surface area (TPSA) is 46.6 Å². The number of halogens is 1. The molecule has 0 spiro atoms. The van der Waals surface area contributed by atoms with E-state index in [9.17, 15) is 0 Å². The van der Waals surface area contributed by atoms with Crippen molar-refractivity contribution in [2.24, 2.45) is 0 Å². The van der Waals surface area contributed by atoms with Gasteiger partial charge in [0.1, 0.15) is 4.83 Å². The number of methoxy groups -OCH3 is 2. The van der Waals surface area contributed by atoms with Crippen molar-refractivity contribution < 1.29 is 9.47 Å².